The predicted octanol–water partition coefficient (Wildman–Crippen LogP) is 1.53. The SMILES string of the molecule is CC(=O)c1ccc(OCC(O)CN2CCOC(Cn3cc(C)cn3)C2)cc1. The van der Waals surface area contributed by atoms with Crippen molar-refractivity contribution in [3.8, 4) is 5.75 Å². The van der Waals surface area contributed by atoms with E-state index in [-0.39, 0.29) is 18.5 Å². The summed E-state index contributed by atoms with van der Waals surface area (Å²) in [5, 5.41) is 14.6. The zero-order valence-electron chi connectivity index (χ0n) is 15.9. The minimum atomic E-state index is -0.594. The highest BCUT2D eigenvalue weighted by Gasteiger charge is 2.23. The molecule has 0 bridgehead atoms. The monoisotopic (exact) mass is 373 g/mol. The van der Waals surface area contributed by atoms with Crippen LogP contribution in [0.4, 0.5) is 0 Å². The van der Waals surface area contributed by atoms with Gasteiger partial charge >= 0.3 is 0 Å². The minimum absolute atomic E-state index is 0.0220. The van der Waals surface area contributed by atoms with E-state index < -0.39 is 6.10 Å². The molecule has 2 heterocycles. The standard InChI is InChI=1S/C20H27N3O4/c1-15-9-21-23(10-15)13-20-12-22(7-8-26-20)11-18(25)14-27-19-5-3-17(4-6-19)16(2)24/h3-6,9-10,18,20,25H,7-8,11-14H2,1-2H3. The number of Topliss-reactive ketones (excluding diaryl/α,β-unsaturated/α-hetero) is 1. The summed E-state index contributed by atoms with van der Waals surface area (Å²) in [5.41, 5.74) is 1.78. The molecule has 2 atom stereocenters. The molecule has 1 aromatic carbocycles. The molecule has 2 unspecified atom stereocenters. The van der Waals surface area contributed by atoms with Gasteiger partial charge in [0.2, 0.25) is 0 Å². The Morgan fingerprint density at radius 2 is 2.19 bits per heavy atom. The lowest BCUT2D eigenvalue weighted by molar-refractivity contribution is -0.0517. The maximum atomic E-state index is 11.3. The van der Waals surface area contributed by atoms with Gasteiger partial charge in [-0.2, -0.15) is 5.10 Å². The minimum Gasteiger partial charge on any atom is -0.491 e. The van der Waals surface area contributed by atoms with Crippen molar-refractivity contribution in [3.05, 3.63) is 47.8 Å². The van der Waals surface area contributed by atoms with Crippen molar-refractivity contribution in [1.29, 1.82) is 0 Å². The summed E-state index contributed by atoms with van der Waals surface area (Å²) in [4.78, 5) is 13.5. The molecule has 27 heavy (non-hydrogen) atoms. The highest BCUT2D eigenvalue weighted by atomic mass is 16.5. The van der Waals surface area contributed by atoms with Gasteiger partial charge in [-0.3, -0.25) is 14.4 Å². The summed E-state index contributed by atoms with van der Waals surface area (Å²) in [6.07, 6.45) is 3.31. The molecule has 0 saturated carbocycles. The average Bonchev–Trinajstić information content (AvgIpc) is 3.05. The van der Waals surface area contributed by atoms with Crippen molar-refractivity contribution >= 4 is 5.78 Å². The van der Waals surface area contributed by atoms with Crippen molar-refractivity contribution < 1.29 is 19.4 Å². The first-order chi connectivity index (χ1) is 13.0. The van der Waals surface area contributed by atoms with Gasteiger partial charge in [0.1, 0.15) is 18.5 Å². The van der Waals surface area contributed by atoms with Crippen LogP contribution >= 0.6 is 0 Å². The smallest absolute Gasteiger partial charge is 0.159 e. The summed E-state index contributed by atoms with van der Waals surface area (Å²) >= 11 is 0. The first-order valence-electron chi connectivity index (χ1n) is 9.24. The number of rotatable bonds is 8. The fraction of sp³-hybridized carbons (Fsp3) is 0.500. The van der Waals surface area contributed by atoms with Crippen LogP contribution < -0.4 is 4.74 Å². The molecule has 7 nitrogen and oxygen atoms in total. The molecule has 146 valence electrons. The molecule has 1 saturated heterocycles. The first-order valence-corrected chi connectivity index (χ1v) is 9.24. The molecule has 0 amide bonds. The van der Waals surface area contributed by atoms with Crippen molar-refractivity contribution in [2.75, 3.05) is 32.8 Å². The summed E-state index contributed by atoms with van der Waals surface area (Å²) in [5.74, 6) is 0.668. The zero-order valence-corrected chi connectivity index (χ0v) is 15.9. The Morgan fingerprint density at radius 3 is 2.85 bits per heavy atom. The van der Waals surface area contributed by atoms with E-state index in [2.05, 4.69) is 10.00 Å². The van der Waals surface area contributed by atoms with Crippen LogP contribution in [0, 0.1) is 6.92 Å². The third-order valence-corrected chi connectivity index (χ3v) is 4.55. The zero-order chi connectivity index (χ0) is 19.2. The van der Waals surface area contributed by atoms with E-state index in [0.717, 1.165) is 18.7 Å². The van der Waals surface area contributed by atoms with Crippen molar-refractivity contribution in [1.82, 2.24) is 14.7 Å². The van der Waals surface area contributed by atoms with Gasteiger partial charge in [-0.15, -0.1) is 0 Å². The number of morpholine rings is 1. The number of aliphatic hydroxyl groups excluding tert-OH is 1. The third kappa shape index (κ3) is 5.89. The van der Waals surface area contributed by atoms with E-state index >= 15 is 0 Å². The topological polar surface area (TPSA) is 76.8 Å². The number of ketones is 1. The number of hydrogen-bond acceptors (Lipinski definition) is 6. The van der Waals surface area contributed by atoms with Gasteiger partial charge in [-0.05, 0) is 43.7 Å². The molecule has 7 heteroatoms. The molecule has 3 rings (SSSR count). The fourth-order valence-electron chi connectivity index (χ4n) is 3.16. The number of ether oxygens (including phenoxy) is 2. The van der Waals surface area contributed by atoms with Gasteiger partial charge in [-0.25, -0.2) is 0 Å². The van der Waals surface area contributed by atoms with Crippen LogP contribution in [0.3, 0.4) is 0 Å². The van der Waals surface area contributed by atoms with E-state index in [1.54, 1.807) is 24.3 Å². The van der Waals surface area contributed by atoms with Crippen molar-refractivity contribution in [2.45, 2.75) is 32.6 Å². The molecule has 0 aliphatic carbocycles. The number of carbonyl (C=O) groups excluding carboxylic acids is 1. The summed E-state index contributed by atoms with van der Waals surface area (Å²) in [6.45, 7) is 7.18. The first kappa shape index (κ1) is 19.5. The second kappa shape index (κ2) is 9.12. The summed E-state index contributed by atoms with van der Waals surface area (Å²) in [6, 6.07) is 6.96. The Labute approximate surface area is 159 Å². The molecular formula is C20H27N3O4. The van der Waals surface area contributed by atoms with Crippen LogP contribution in [0.2, 0.25) is 0 Å². The molecular weight excluding hydrogens is 346 g/mol. The second-order valence-corrected chi connectivity index (χ2v) is 7.04. The van der Waals surface area contributed by atoms with Crippen molar-refractivity contribution in [3.63, 3.8) is 0 Å². The number of β-amino-alcohol motifs (C(OH)–C–C–N with tert-alkyl or cyclic N) is 1. The fourth-order valence-corrected chi connectivity index (χ4v) is 3.16. The summed E-state index contributed by atoms with van der Waals surface area (Å²) < 4.78 is 13.4. The maximum absolute atomic E-state index is 11.3. The normalized spacial score (nSPS) is 19.0. The molecule has 1 fully saturated rings. The quantitative estimate of drug-likeness (QED) is 0.708. The molecule has 1 aliphatic rings. The largest absolute Gasteiger partial charge is 0.491 e. The van der Waals surface area contributed by atoms with Crippen molar-refractivity contribution in [2.24, 2.45) is 0 Å². The molecule has 0 radical (unpaired) electrons. The molecule has 2 aromatic rings. The third-order valence-electron chi connectivity index (χ3n) is 4.55. The van der Waals surface area contributed by atoms with Gasteiger partial charge in [0.05, 0.1) is 25.5 Å². The van der Waals surface area contributed by atoms with E-state index in [9.17, 15) is 9.90 Å². The van der Waals surface area contributed by atoms with Gasteiger partial charge in [-0.1, -0.05) is 0 Å². The second-order valence-electron chi connectivity index (χ2n) is 7.04. The van der Waals surface area contributed by atoms with Crippen LogP contribution in [0.1, 0.15) is 22.8 Å². The number of hydrogen-bond donors (Lipinski definition) is 1. The number of nitrogens with zero attached hydrogens (tertiary/aromatic N) is 3. The summed E-state index contributed by atoms with van der Waals surface area (Å²) in [7, 11) is 0. The molecule has 0 spiro atoms. The molecule has 1 aromatic heterocycles. The average molecular weight is 373 g/mol. The number of carbonyl (C=O) groups is 1. The van der Waals surface area contributed by atoms with E-state index in [1.807, 2.05) is 24.0 Å². The Kier molecular flexibility index (Phi) is 6.60. The lowest BCUT2D eigenvalue weighted by atomic mass is 10.1. The van der Waals surface area contributed by atoms with Crippen LogP contribution in [0.25, 0.3) is 0 Å². The van der Waals surface area contributed by atoms with Gasteiger partial charge < -0.3 is 14.6 Å². The van der Waals surface area contributed by atoms with Crippen LogP contribution in [-0.2, 0) is 11.3 Å². The lowest BCUT2D eigenvalue weighted by Gasteiger charge is -2.34. The van der Waals surface area contributed by atoms with E-state index in [1.165, 1.54) is 6.92 Å². The Hall–Kier alpha value is -2.22. The Bertz CT molecular complexity index is 744. The number of aromatic nitrogens is 2. The number of benzene rings is 1. The van der Waals surface area contributed by atoms with Gasteiger partial charge in [0.25, 0.3) is 0 Å². The maximum Gasteiger partial charge on any atom is 0.159 e. The van der Waals surface area contributed by atoms with Crippen LogP contribution in [-0.4, -0.2) is 70.6 Å². The van der Waals surface area contributed by atoms with Gasteiger partial charge in [0, 0.05) is 31.4 Å². The predicted molar refractivity (Wildman–Crippen MR) is 101 cm³/mol. The molecule has 1 aliphatic heterocycles. The highest BCUT2D eigenvalue weighted by Crippen LogP contribution is 2.14. The lowest BCUT2D eigenvalue weighted by Crippen LogP contribution is -2.47. The highest BCUT2D eigenvalue weighted by molar-refractivity contribution is 5.94. The number of aryl methyl sites for hydroxylation is 1. The Balaban J connectivity index is 1.42. The van der Waals surface area contributed by atoms with Gasteiger partial charge in [0.15, 0.2) is 5.78 Å². The van der Waals surface area contributed by atoms with E-state index in [0.29, 0.717) is 31.0 Å². The number of aliphatic hydroxyl groups is 1. The Morgan fingerprint density at radius 1 is 1.41 bits per heavy atom. The van der Waals surface area contributed by atoms with E-state index in [4.69, 9.17) is 9.47 Å². The van der Waals surface area contributed by atoms with Crippen LogP contribution in [0.5, 0.6) is 5.75 Å². The van der Waals surface area contributed by atoms with Crippen LogP contribution in [0.15, 0.2) is 36.7 Å². The molecule has 1 N–H and O–H groups in total.